The molecule has 1 amide bonds. The summed E-state index contributed by atoms with van der Waals surface area (Å²) in [5.74, 6) is 0.0497. The molecule has 0 spiro atoms. The van der Waals surface area contributed by atoms with Crippen LogP contribution in [0, 0.1) is 0 Å². The summed E-state index contributed by atoms with van der Waals surface area (Å²) < 4.78 is 37.9. The van der Waals surface area contributed by atoms with Gasteiger partial charge in [0, 0.05) is 19.1 Å². The van der Waals surface area contributed by atoms with E-state index in [1.807, 2.05) is 31.2 Å². The van der Waals surface area contributed by atoms with Crippen LogP contribution in [0.1, 0.15) is 24.0 Å². The SMILES string of the molecule is CCOCCOCCOCCOCCOCCOCCNC(=O)OCC1c2ccccc2-c2ccccc21. The Morgan fingerprint density at radius 1 is 0.632 bits per heavy atom. The van der Waals surface area contributed by atoms with Gasteiger partial charge in [0.05, 0.1) is 72.7 Å². The molecule has 1 aliphatic carbocycles. The van der Waals surface area contributed by atoms with Gasteiger partial charge in [-0.2, -0.15) is 0 Å². The second-order valence-electron chi connectivity index (χ2n) is 8.51. The number of nitrogens with one attached hydrogen (secondary N) is 1. The van der Waals surface area contributed by atoms with E-state index in [0.29, 0.717) is 92.4 Å². The molecule has 0 radical (unpaired) electrons. The number of benzene rings is 2. The van der Waals surface area contributed by atoms with Gasteiger partial charge in [0.1, 0.15) is 6.61 Å². The zero-order chi connectivity index (χ0) is 26.7. The lowest BCUT2D eigenvalue weighted by Crippen LogP contribution is -2.29. The third kappa shape index (κ3) is 10.7. The smallest absolute Gasteiger partial charge is 0.407 e. The van der Waals surface area contributed by atoms with Gasteiger partial charge in [0.25, 0.3) is 0 Å². The predicted molar refractivity (Wildman–Crippen MR) is 144 cm³/mol. The van der Waals surface area contributed by atoms with Crippen LogP contribution in [0.4, 0.5) is 4.79 Å². The molecule has 9 nitrogen and oxygen atoms in total. The van der Waals surface area contributed by atoms with Crippen molar-refractivity contribution in [3.05, 3.63) is 59.7 Å². The fraction of sp³-hybridized carbons (Fsp3) is 0.552. The molecule has 2 aromatic rings. The second-order valence-corrected chi connectivity index (χ2v) is 8.51. The van der Waals surface area contributed by atoms with Crippen molar-refractivity contribution in [2.75, 3.05) is 92.4 Å². The lowest BCUT2D eigenvalue weighted by molar-refractivity contribution is -0.0160. The Labute approximate surface area is 225 Å². The molecule has 0 saturated heterocycles. The van der Waals surface area contributed by atoms with Gasteiger partial charge in [-0.15, -0.1) is 0 Å². The van der Waals surface area contributed by atoms with Gasteiger partial charge in [-0.05, 0) is 29.2 Å². The van der Waals surface area contributed by atoms with Crippen LogP contribution in [-0.2, 0) is 33.2 Å². The first-order chi connectivity index (χ1) is 18.8. The highest BCUT2D eigenvalue weighted by Crippen LogP contribution is 2.44. The van der Waals surface area contributed by atoms with Crippen LogP contribution >= 0.6 is 0 Å². The van der Waals surface area contributed by atoms with Gasteiger partial charge in [0.2, 0.25) is 0 Å². The predicted octanol–water partition coefficient (Wildman–Crippen LogP) is 3.64. The lowest BCUT2D eigenvalue weighted by Gasteiger charge is -2.14. The topological polar surface area (TPSA) is 93.7 Å². The number of alkyl carbamates (subject to hydrolysis) is 1. The summed E-state index contributed by atoms with van der Waals surface area (Å²) in [6.45, 7) is 8.94. The Morgan fingerprint density at radius 2 is 1.05 bits per heavy atom. The van der Waals surface area contributed by atoms with E-state index in [4.69, 9.17) is 33.2 Å². The van der Waals surface area contributed by atoms with Crippen molar-refractivity contribution in [3.63, 3.8) is 0 Å². The minimum atomic E-state index is -0.443. The van der Waals surface area contributed by atoms with E-state index >= 15 is 0 Å². The Balaban J connectivity index is 1.10. The number of hydrogen-bond donors (Lipinski definition) is 1. The molecule has 0 fully saturated rings. The molecular weight excluding hydrogens is 490 g/mol. The second kappa shape index (κ2) is 18.7. The first-order valence-electron chi connectivity index (χ1n) is 13.4. The molecular formula is C29H41NO8. The minimum Gasteiger partial charge on any atom is -0.449 e. The van der Waals surface area contributed by atoms with Crippen LogP contribution in [0.2, 0.25) is 0 Å². The Kier molecular flexibility index (Phi) is 14.8. The zero-order valence-electron chi connectivity index (χ0n) is 22.4. The van der Waals surface area contributed by atoms with E-state index in [-0.39, 0.29) is 5.92 Å². The summed E-state index contributed by atoms with van der Waals surface area (Å²) in [4.78, 5) is 12.2. The lowest BCUT2D eigenvalue weighted by atomic mass is 9.98. The van der Waals surface area contributed by atoms with Gasteiger partial charge in [0.15, 0.2) is 0 Å². The summed E-state index contributed by atoms with van der Waals surface area (Å²) in [5.41, 5.74) is 4.80. The van der Waals surface area contributed by atoms with Gasteiger partial charge in [-0.3, -0.25) is 0 Å². The first-order valence-corrected chi connectivity index (χ1v) is 13.4. The fourth-order valence-electron chi connectivity index (χ4n) is 4.12. The fourth-order valence-corrected chi connectivity index (χ4v) is 4.12. The molecule has 0 saturated carbocycles. The molecule has 0 atom stereocenters. The van der Waals surface area contributed by atoms with E-state index < -0.39 is 6.09 Å². The van der Waals surface area contributed by atoms with Crippen LogP contribution in [0.25, 0.3) is 11.1 Å². The van der Waals surface area contributed by atoms with Crippen LogP contribution in [-0.4, -0.2) is 98.5 Å². The number of rotatable bonds is 21. The van der Waals surface area contributed by atoms with Crippen LogP contribution in [0.15, 0.2) is 48.5 Å². The number of ether oxygens (including phenoxy) is 7. The highest BCUT2D eigenvalue weighted by Gasteiger charge is 2.28. The average Bonchev–Trinajstić information content (AvgIpc) is 3.27. The Morgan fingerprint density at radius 3 is 1.53 bits per heavy atom. The molecule has 9 heteroatoms. The largest absolute Gasteiger partial charge is 0.449 e. The van der Waals surface area contributed by atoms with Gasteiger partial charge < -0.3 is 38.5 Å². The van der Waals surface area contributed by atoms with Crippen LogP contribution in [0.5, 0.6) is 0 Å². The molecule has 0 aromatic heterocycles. The quantitative estimate of drug-likeness (QED) is 0.244. The van der Waals surface area contributed by atoms with Crippen molar-refractivity contribution in [1.29, 1.82) is 0 Å². The molecule has 38 heavy (non-hydrogen) atoms. The number of carbonyl (C=O) groups is 1. The maximum atomic E-state index is 12.2. The van der Waals surface area contributed by atoms with Crippen molar-refractivity contribution in [2.24, 2.45) is 0 Å². The van der Waals surface area contributed by atoms with E-state index in [2.05, 4.69) is 29.6 Å². The number of fused-ring (bicyclic) bond motifs is 3. The summed E-state index contributed by atoms with van der Waals surface area (Å²) in [6.07, 6.45) is -0.443. The molecule has 1 N–H and O–H groups in total. The Bertz CT molecular complexity index is 879. The zero-order valence-corrected chi connectivity index (χ0v) is 22.4. The van der Waals surface area contributed by atoms with Crippen molar-refractivity contribution in [3.8, 4) is 11.1 Å². The minimum absolute atomic E-state index is 0.0497. The molecule has 0 unspecified atom stereocenters. The molecule has 210 valence electrons. The molecule has 0 bridgehead atoms. The molecule has 1 aliphatic rings. The molecule has 2 aromatic carbocycles. The van der Waals surface area contributed by atoms with E-state index in [0.717, 1.165) is 0 Å². The molecule has 3 rings (SSSR count). The molecule has 0 heterocycles. The van der Waals surface area contributed by atoms with Crippen molar-refractivity contribution < 1.29 is 38.0 Å². The van der Waals surface area contributed by atoms with Crippen molar-refractivity contribution in [2.45, 2.75) is 12.8 Å². The van der Waals surface area contributed by atoms with Crippen molar-refractivity contribution >= 4 is 6.09 Å². The van der Waals surface area contributed by atoms with Crippen LogP contribution < -0.4 is 5.32 Å². The third-order valence-electron chi connectivity index (χ3n) is 5.92. The number of carbonyl (C=O) groups excluding carboxylic acids is 1. The normalized spacial score (nSPS) is 12.3. The Hall–Kier alpha value is -2.53. The van der Waals surface area contributed by atoms with Gasteiger partial charge >= 0.3 is 6.09 Å². The van der Waals surface area contributed by atoms with Crippen molar-refractivity contribution in [1.82, 2.24) is 5.32 Å². The maximum absolute atomic E-state index is 12.2. The van der Waals surface area contributed by atoms with Gasteiger partial charge in [-0.25, -0.2) is 4.79 Å². The third-order valence-corrected chi connectivity index (χ3v) is 5.92. The highest BCUT2D eigenvalue weighted by molar-refractivity contribution is 5.79. The summed E-state index contributed by atoms with van der Waals surface area (Å²) in [5, 5.41) is 2.74. The summed E-state index contributed by atoms with van der Waals surface area (Å²) >= 11 is 0. The van der Waals surface area contributed by atoms with E-state index in [1.54, 1.807) is 0 Å². The number of hydrogen-bond acceptors (Lipinski definition) is 8. The highest BCUT2D eigenvalue weighted by atomic mass is 16.6. The number of amides is 1. The standard InChI is InChI=1S/C29H41NO8/c1-2-32-13-14-34-17-18-36-21-22-37-20-19-35-16-15-33-12-11-30-29(31)38-23-28-26-9-5-3-7-24(26)25-8-4-6-10-27(25)28/h3-10,28H,2,11-23H2,1H3,(H,30,31). The van der Waals surface area contributed by atoms with E-state index in [9.17, 15) is 4.79 Å². The van der Waals surface area contributed by atoms with E-state index in [1.165, 1.54) is 22.3 Å². The summed E-state index contributed by atoms with van der Waals surface area (Å²) in [7, 11) is 0. The molecule has 0 aliphatic heterocycles. The maximum Gasteiger partial charge on any atom is 0.407 e. The summed E-state index contributed by atoms with van der Waals surface area (Å²) in [6, 6.07) is 16.5. The van der Waals surface area contributed by atoms with Gasteiger partial charge in [-0.1, -0.05) is 48.5 Å². The van der Waals surface area contributed by atoms with Crippen LogP contribution in [0.3, 0.4) is 0 Å². The average molecular weight is 532 g/mol. The monoisotopic (exact) mass is 531 g/mol. The first kappa shape index (κ1) is 30.0.